The van der Waals surface area contributed by atoms with Gasteiger partial charge in [0, 0.05) is 6.07 Å². The molecule has 2 aromatic rings. The van der Waals surface area contributed by atoms with Crippen LogP contribution in [0.25, 0.3) is 6.08 Å². The Hall–Kier alpha value is -3.68. The minimum atomic E-state index is -0.792. The largest absolute Gasteiger partial charge is 0.493 e. The summed E-state index contributed by atoms with van der Waals surface area (Å²) in [5.41, 5.74) is 1.03. The van der Waals surface area contributed by atoms with E-state index in [1.165, 1.54) is 28.4 Å². The van der Waals surface area contributed by atoms with Crippen LogP contribution in [0.4, 0.5) is 0 Å². The summed E-state index contributed by atoms with van der Waals surface area (Å²) in [5, 5.41) is 0. The maximum Gasteiger partial charge on any atom is 0.346 e. The van der Waals surface area contributed by atoms with Crippen molar-refractivity contribution in [3.05, 3.63) is 47.2 Å². The van der Waals surface area contributed by atoms with Crippen LogP contribution in [0.15, 0.2) is 36.1 Å². The molecule has 1 heterocycles. The van der Waals surface area contributed by atoms with E-state index in [2.05, 4.69) is 4.74 Å². The van der Waals surface area contributed by atoms with E-state index in [1.54, 1.807) is 43.3 Å². The van der Waals surface area contributed by atoms with Crippen LogP contribution in [0.2, 0.25) is 0 Å². The lowest BCUT2D eigenvalue weighted by Gasteiger charge is -2.13. The quantitative estimate of drug-likeness (QED) is 0.504. The average Bonchev–Trinajstić information content (AvgIpc) is 3.06. The highest BCUT2D eigenvalue weighted by atomic mass is 16.6. The van der Waals surface area contributed by atoms with Crippen molar-refractivity contribution in [2.75, 3.05) is 28.4 Å². The molecule has 0 aliphatic carbocycles. The first-order valence-corrected chi connectivity index (χ1v) is 9.04. The topological polar surface area (TPSA) is 89.5 Å². The van der Waals surface area contributed by atoms with Crippen LogP contribution in [0.1, 0.15) is 22.8 Å². The monoisotopic (exact) mass is 414 g/mol. The van der Waals surface area contributed by atoms with Gasteiger partial charge in [-0.25, -0.2) is 4.79 Å². The Morgan fingerprint density at radius 1 is 1.00 bits per heavy atom. The molecule has 0 amide bonds. The molecule has 1 aliphatic rings. The molecule has 8 nitrogen and oxygen atoms in total. The lowest BCUT2D eigenvalue weighted by molar-refractivity contribution is -0.147. The van der Waals surface area contributed by atoms with Crippen LogP contribution in [0, 0.1) is 0 Å². The second-order valence-electron chi connectivity index (χ2n) is 6.34. The SMILES string of the molecule is COC(=O)[C@@H](C)Oc1ccc2c(c1)O/C(=C\c1cc(OC)c(OC)c(OC)c1)C2=O. The van der Waals surface area contributed by atoms with Crippen LogP contribution < -0.4 is 23.7 Å². The smallest absolute Gasteiger partial charge is 0.346 e. The molecule has 0 radical (unpaired) electrons. The molecule has 0 saturated heterocycles. The highest BCUT2D eigenvalue weighted by Gasteiger charge is 2.28. The van der Waals surface area contributed by atoms with Gasteiger partial charge in [0.1, 0.15) is 11.5 Å². The summed E-state index contributed by atoms with van der Waals surface area (Å²) in [5.74, 6) is 1.45. The number of fused-ring (bicyclic) bond motifs is 1. The van der Waals surface area contributed by atoms with Gasteiger partial charge in [0.05, 0.1) is 34.0 Å². The molecule has 0 bridgehead atoms. The zero-order chi connectivity index (χ0) is 21.8. The number of carbonyl (C=O) groups excluding carboxylic acids is 2. The number of esters is 1. The van der Waals surface area contributed by atoms with E-state index in [0.29, 0.717) is 39.9 Å². The minimum Gasteiger partial charge on any atom is -0.493 e. The van der Waals surface area contributed by atoms with Gasteiger partial charge in [-0.3, -0.25) is 4.79 Å². The molecule has 0 N–H and O–H groups in total. The Morgan fingerprint density at radius 3 is 2.23 bits per heavy atom. The fourth-order valence-electron chi connectivity index (χ4n) is 2.99. The standard InChI is InChI=1S/C22H22O8/c1-12(22(24)28-5)29-14-6-7-15-16(11-14)30-17(20(15)23)8-13-9-18(25-2)21(27-4)19(10-13)26-3/h6-12H,1-5H3/b17-8-/t12-/m1/s1. The van der Waals surface area contributed by atoms with Crippen molar-refractivity contribution in [2.24, 2.45) is 0 Å². The number of benzene rings is 2. The predicted octanol–water partition coefficient (Wildman–Crippen LogP) is 3.27. The average molecular weight is 414 g/mol. The van der Waals surface area contributed by atoms with Gasteiger partial charge in [0.2, 0.25) is 11.5 Å². The lowest BCUT2D eigenvalue weighted by atomic mass is 10.1. The van der Waals surface area contributed by atoms with Gasteiger partial charge in [0.25, 0.3) is 0 Å². The van der Waals surface area contributed by atoms with Crippen LogP contribution in [0.5, 0.6) is 28.7 Å². The second kappa shape index (κ2) is 8.77. The summed E-state index contributed by atoms with van der Waals surface area (Å²) in [4.78, 5) is 24.3. The number of ketones is 1. The van der Waals surface area contributed by atoms with Crippen LogP contribution >= 0.6 is 0 Å². The van der Waals surface area contributed by atoms with Gasteiger partial charge in [-0.05, 0) is 42.8 Å². The first-order valence-electron chi connectivity index (χ1n) is 9.04. The molecule has 0 aromatic heterocycles. The summed E-state index contributed by atoms with van der Waals surface area (Å²) in [6.45, 7) is 1.57. The Kier molecular flexibility index (Phi) is 6.15. The summed E-state index contributed by atoms with van der Waals surface area (Å²) in [6, 6.07) is 8.17. The third kappa shape index (κ3) is 4.03. The Balaban J connectivity index is 1.89. The van der Waals surface area contributed by atoms with Gasteiger partial charge < -0.3 is 28.4 Å². The van der Waals surface area contributed by atoms with E-state index in [0.717, 1.165) is 0 Å². The zero-order valence-electron chi connectivity index (χ0n) is 17.3. The summed E-state index contributed by atoms with van der Waals surface area (Å²) in [6.07, 6.45) is 0.795. The molecule has 0 fully saturated rings. The Bertz CT molecular complexity index is 983. The minimum absolute atomic E-state index is 0.137. The summed E-state index contributed by atoms with van der Waals surface area (Å²) < 4.78 is 31.9. The molecule has 158 valence electrons. The molecule has 0 unspecified atom stereocenters. The van der Waals surface area contributed by atoms with Crippen molar-refractivity contribution >= 4 is 17.8 Å². The second-order valence-corrected chi connectivity index (χ2v) is 6.34. The van der Waals surface area contributed by atoms with E-state index in [1.807, 2.05) is 0 Å². The number of allylic oxidation sites excluding steroid dienone is 1. The fraction of sp³-hybridized carbons (Fsp3) is 0.273. The van der Waals surface area contributed by atoms with Crippen molar-refractivity contribution in [3.8, 4) is 28.7 Å². The molecule has 8 heteroatoms. The summed E-state index contributed by atoms with van der Waals surface area (Å²) in [7, 11) is 5.82. The van der Waals surface area contributed by atoms with Crippen molar-refractivity contribution in [2.45, 2.75) is 13.0 Å². The first kappa shape index (κ1) is 21.0. The van der Waals surface area contributed by atoms with Gasteiger partial charge in [0.15, 0.2) is 23.4 Å². The third-order valence-electron chi connectivity index (χ3n) is 4.47. The zero-order valence-corrected chi connectivity index (χ0v) is 17.3. The van der Waals surface area contributed by atoms with Crippen molar-refractivity contribution < 1.29 is 38.0 Å². The van der Waals surface area contributed by atoms with Gasteiger partial charge in [-0.15, -0.1) is 0 Å². The van der Waals surface area contributed by atoms with Gasteiger partial charge in [-0.2, -0.15) is 0 Å². The number of hydrogen-bond donors (Lipinski definition) is 0. The first-order chi connectivity index (χ1) is 14.4. The van der Waals surface area contributed by atoms with Crippen molar-refractivity contribution in [1.29, 1.82) is 0 Å². The maximum atomic E-state index is 12.7. The van der Waals surface area contributed by atoms with Crippen molar-refractivity contribution in [3.63, 3.8) is 0 Å². The van der Waals surface area contributed by atoms with Crippen molar-refractivity contribution in [1.82, 2.24) is 0 Å². The number of carbonyl (C=O) groups is 2. The number of hydrogen-bond acceptors (Lipinski definition) is 8. The van der Waals surface area contributed by atoms with Gasteiger partial charge in [-0.1, -0.05) is 0 Å². The predicted molar refractivity (Wildman–Crippen MR) is 108 cm³/mol. The summed E-state index contributed by atoms with van der Waals surface area (Å²) >= 11 is 0. The van der Waals surface area contributed by atoms with Crippen LogP contribution in [0.3, 0.4) is 0 Å². The highest BCUT2D eigenvalue weighted by molar-refractivity contribution is 6.14. The molecule has 0 spiro atoms. The van der Waals surface area contributed by atoms with E-state index < -0.39 is 12.1 Å². The molecule has 1 atom stereocenters. The molecule has 2 aromatic carbocycles. The lowest BCUT2D eigenvalue weighted by Crippen LogP contribution is -2.24. The van der Waals surface area contributed by atoms with E-state index in [4.69, 9.17) is 23.7 Å². The molecule has 30 heavy (non-hydrogen) atoms. The fourth-order valence-corrected chi connectivity index (χ4v) is 2.99. The van der Waals surface area contributed by atoms with E-state index in [-0.39, 0.29) is 11.5 Å². The van der Waals surface area contributed by atoms with Crippen LogP contribution in [-0.2, 0) is 9.53 Å². The Labute approximate surface area is 173 Å². The van der Waals surface area contributed by atoms with Crippen LogP contribution in [-0.4, -0.2) is 46.3 Å². The van der Waals surface area contributed by atoms with Gasteiger partial charge >= 0.3 is 5.97 Å². The Morgan fingerprint density at radius 2 is 1.67 bits per heavy atom. The number of ether oxygens (including phenoxy) is 6. The third-order valence-corrected chi connectivity index (χ3v) is 4.47. The number of rotatable bonds is 7. The molecule has 0 saturated carbocycles. The maximum absolute atomic E-state index is 12.7. The number of methoxy groups -OCH3 is 4. The van der Waals surface area contributed by atoms with E-state index >= 15 is 0 Å². The molecular formula is C22H22O8. The molecule has 3 rings (SSSR count). The highest BCUT2D eigenvalue weighted by Crippen LogP contribution is 2.40. The molecule has 1 aliphatic heterocycles. The normalized spacial score (nSPS) is 14.6. The number of Topliss-reactive ketones (excluding diaryl/α,β-unsaturated/α-hetero) is 1. The van der Waals surface area contributed by atoms with E-state index in [9.17, 15) is 9.59 Å². The molecular weight excluding hydrogens is 392 g/mol.